The molecule has 0 saturated carbocycles. The van der Waals surface area contributed by atoms with Gasteiger partial charge in [0, 0.05) is 5.54 Å². The molecule has 0 aromatic carbocycles. The average Bonchev–Trinajstić information content (AvgIpc) is 2.21. The van der Waals surface area contributed by atoms with Gasteiger partial charge in [0.25, 0.3) is 0 Å². The minimum atomic E-state index is -0.294. The maximum absolute atomic E-state index is 9.52. The Hall–Kier alpha value is -0.0800. The molecule has 98 valence electrons. The highest BCUT2D eigenvalue weighted by Crippen LogP contribution is 2.10. The fourth-order valence-corrected chi connectivity index (χ4v) is 1.64. The van der Waals surface area contributed by atoms with Crippen LogP contribution in [0.1, 0.15) is 72.6 Å². The lowest BCUT2D eigenvalue weighted by Gasteiger charge is -2.29. The van der Waals surface area contributed by atoms with Crippen molar-refractivity contribution in [1.29, 1.82) is 0 Å². The van der Waals surface area contributed by atoms with Gasteiger partial charge in [0.2, 0.25) is 0 Å². The summed E-state index contributed by atoms with van der Waals surface area (Å²) in [5.41, 5.74) is -0.151. The van der Waals surface area contributed by atoms with Gasteiger partial charge in [-0.05, 0) is 33.7 Å². The van der Waals surface area contributed by atoms with E-state index in [-0.39, 0.29) is 11.6 Å². The van der Waals surface area contributed by atoms with Gasteiger partial charge in [-0.2, -0.15) is 0 Å². The van der Waals surface area contributed by atoms with Crippen LogP contribution in [0.3, 0.4) is 0 Å². The summed E-state index contributed by atoms with van der Waals surface area (Å²) in [4.78, 5) is 0. The second kappa shape index (κ2) is 9.00. The monoisotopic (exact) mass is 229 g/mol. The molecule has 0 aromatic heterocycles. The Labute approximate surface area is 102 Å². The number of aliphatic hydroxyl groups excluding tert-OH is 1. The maximum Gasteiger partial charge on any atom is 0.0688 e. The number of unbranched alkanes of at least 4 members (excludes halogenated alkanes) is 6. The van der Waals surface area contributed by atoms with E-state index >= 15 is 0 Å². The van der Waals surface area contributed by atoms with Crippen LogP contribution in [0.4, 0.5) is 0 Å². The molecule has 1 unspecified atom stereocenters. The Morgan fingerprint density at radius 1 is 1.00 bits per heavy atom. The van der Waals surface area contributed by atoms with Crippen molar-refractivity contribution < 1.29 is 5.11 Å². The highest BCUT2D eigenvalue weighted by atomic mass is 16.3. The zero-order valence-electron chi connectivity index (χ0n) is 11.7. The Morgan fingerprint density at radius 2 is 1.50 bits per heavy atom. The van der Waals surface area contributed by atoms with Gasteiger partial charge in [-0.15, -0.1) is 0 Å². The van der Waals surface area contributed by atoms with Crippen LogP contribution in [-0.4, -0.2) is 23.3 Å². The third-order valence-electron chi connectivity index (χ3n) is 3.41. The zero-order valence-corrected chi connectivity index (χ0v) is 11.7. The summed E-state index contributed by atoms with van der Waals surface area (Å²) >= 11 is 0. The van der Waals surface area contributed by atoms with Gasteiger partial charge in [-0.3, -0.25) is 0 Å². The van der Waals surface area contributed by atoms with Gasteiger partial charge in [0.05, 0.1) is 6.10 Å². The van der Waals surface area contributed by atoms with Gasteiger partial charge < -0.3 is 10.4 Å². The Bertz CT molecular complexity index is 155. The normalized spacial score (nSPS) is 14.1. The van der Waals surface area contributed by atoms with Crippen LogP contribution in [0.2, 0.25) is 0 Å². The van der Waals surface area contributed by atoms with Gasteiger partial charge in [0.1, 0.15) is 0 Å². The second-order valence-corrected chi connectivity index (χ2v) is 5.45. The van der Waals surface area contributed by atoms with E-state index in [1.54, 1.807) is 0 Å². The molecule has 0 aliphatic rings. The summed E-state index contributed by atoms with van der Waals surface area (Å²) in [6.07, 6.45) is 9.08. The molecular formula is C14H31NO. The van der Waals surface area contributed by atoms with E-state index in [1.807, 2.05) is 6.92 Å². The van der Waals surface area contributed by atoms with Crippen molar-refractivity contribution in [2.45, 2.75) is 84.3 Å². The summed E-state index contributed by atoms with van der Waals surface area (Å²) in [5, 5.41) is 12.9. The first-order valence-corrected chi connectivity index (χ1v) is 6.93. The lowest BCUT2D eigenvalue weighted by Crippen LogP contribution is -2.48. The summed E-state index contributed by atoms with van der Waals surface area (Å²) < 4.78 is 0. The maximum atomic E-state index is 9.52. The van der Waals surface area contributed by atoms with E-state index in [2.05, 4.69) is 26.1 Å². The molecule has 0 radical (unpaired) electrons. The molecule has 0 fully saturated rings. The number of hydrogen-bond acceptors (Lipinski definition) is 2. The van der Waals surface area contributed by atoms with E-state index in [0.717, 1.165) is 6.54 Å². The van der Waals surface area contributed by atoms with E-state index in [9.17, 15) is 5.11 Å². The van der Waals surface area contributed by atoms with E-state index < -0.39 is 0 Å². The summed E-state index contributed by atoms with van der Waals surface area (Å²) in [5.74, 6) is 0. The van der Waals surface area contributed by atoms with E-state index in [4.69, 9.17) is 0 Å². The Morgan fingerprint density at radius 3 is 2.00 bits per heavy atom. The molecule has 2 N–H and O–H groups in total. The van der Waals surface area contributed by atoms with Crippen LogP contribution in [0.25, 0.3) is 0 Å². The predicted molar refractivity (Wildman–Crippen MR) is 71.8 cm³/mol. The van der Waals surface area contributed by atoms with E-state index in [1.165, 1.54) is 44.9 Å². The molecule has 0 aliphatic heterocycles. The standard InChI is InChI=1S/C14H31NO/c1-5-6-7-8-9-10-11-12-15-14(3,4)13(2)16/h13,15-16H,5-12H2,1-4H3. The highest BCUT2D eigenvalue weighted by molar-refractivity contribution is 4.82. The van der Waals surface area contributed by atoms with Gasteiger partial charge >= 0.3 is 0 Å². The molecule has 0 rings (SSSR count). The van der Waals surface area contributed by atoms with Gasteiger partial charge in [-0.1, -0.05) is 45.4 Å². The molecule has 16 heavy (non-hydrogen) atoms. The zero-order chi connectivity index (χ0) is 12.4. The average molecular weight is 229 g/mol. The number of rotatable bonds is 10. The van der Waals surface area contributed by atoms with Crippen molar-refractivity contribution >= 4 is 0 Å². The lowest BCUT2D eigenvalue weighted by molar-refractivity contribution is 0.0966. The largest absolute Gasteiger partial charge is 0.392 e. The Balaban J connectivity index is 3.27. The summed E-state index contributed by atoms with van der Waals surface area (Å²) in [6.45, 7) is 9.23. The third-order valence-corrected chi connectivity index (χ3v) is 3.41. The molecule has 0 saturated heterocycles. The molecule has 0 heterocycles. The third kappa shape index (κ3) is 8.12. The van der Waals surface area contributed by atoms with Gasteiger partial charge in [0.15, 0.2) is 0 Å². The topological polar surface area (TPSA) is 32.3 Å². The molecule has 2 nitrogen and oxygen atoms in total. The number of aliphatic hydroxyl groups is 1. The van der Waals surface area contributed by atoms with Crippen LogP contribution in [0.15, 0.2) is 0 Å². The first kappa shape index (κ1) is 15.9. The molecule has 0 spiro atoms. The van der Waals surface area contributed by atoms with Crippen LogP contribution in [0, 0.1) is 0 Å². The number of hydrogen-bond donors (Lipinski definition) is 2. The van der Waals surface area contributed by atoms with Crippen molar-refractivity contribution in [3.05, 3.63) is 0 Å². The van der Waals surface area contributed by atoms with Crippen LogP contribution in [0.5, 0.6) is 0 Å². The van der Waals surface area contributed by atoms with Crippen molar-refractivity contribution in [1.82, 2.24) is 5.32 Å². The molecule has 0 aromatic rings. The summed E-state index contributed by atoms with van der Waals surface area (Å²) in [7, 11) is 0. The highest BCUT2D eigenvalue weighted by Gasteiger charge is 2.22. The molecule has 1 atom stereocenters. The molecule has 0 amide bonds. The molecular weight excluding hydrogens is 198 g/mol. The molecule has 2 heteroatoms. The smallest absolute Gasteiger partial charge is 0.0688 e. The van der Waals surface area contributed by atoms with Crippen LogP contribution < -0.4 is 5.32 Å². The minimum absolute atomic E-state index is 0.151. The van der Waals surface area contributed by atoms with Crippen molar-refractivity contribution in [3.63, 3.8) is 0 Å². The number of nitrogens with one attached hydrogen (secondary N) is 1. The first-order valence-electron chi connectivity index (χ1n) is 6.93. The fourth-order valence-electron chi connectivity index (χ4n) is 1.64. The lowest BCUT2D eigenvalue weighted by atomic mass is 9.98. The van der Waals surface area contributed by atoms with Crippen LogP contribution in [-0.2, 0) is 0 Å². The first-order chi connectivity index (χ1) is 7.50. The van der Waals surface area contributed by atoms with E-state index in [0.29, 0.717) is 0 Å². The van der Waals surface area contributed by atoms with Crippen LogP contribution >= 0.6 is 0 Å². The van der Waals surface area contributed by atoms with Crippen molar-refractivity contribution in [2.75, 3.05) is 6.54 Å². The quantitative estimate of drug-likeness (QED) is 0.562. The van der Waals surface area contributed by atoms with Crippen molar-refractivity contribution in [2.24, 2.45) is 0 Å². The molecule has 0 bridgehead atoms. The molecule has 0 aliphatic carbocycles. The predicted octanol–water partition coefficient (Wildman–Crippen LogP) is 3.49. The fraction of sp³-hybridized carbons (Fsp3) is 1.00. The summed E-state index contributed by atoms with van der Waals surface area (Å²) in [6, 6.07) is 0. The van der Waals surface area contributed by atoms with Gasteiger partial charge in [-0.25, -0.2) is 0 Å². The van der Waals surface area contributed by atoms with Crippen molar-refractivity contribution in [3.8, 4) is 0 Å². The minimum Gasteiger partial charge on any atom is -0.392 e. The Kier molecular flexibility index (Phi) is 8.96. The SMILES string of the molecule is CCCCCCCCCNC(C)(C)C(C)O. The second-order valence-electron chi connectivity index (χ2n) is 5.45.